The Morgan fingerprint density at radius 1 is 1.32 bits per heavy atom. The van der Waals surface area contributed by atoms with E-state index < -0.39 is 0 Å². The van der Waals surface area contributed by atoms with Gasteiger partial charge in [0.1, 0.15) is 0 Å². The van der Waals surface area contributed by atoms with Gasteiger partial charge in [-0.15, -0.1) is 0 Å². The molecule has 0 aliphatic heterocycles. The molecule has 1 aromatic rings. The van der Waals surface area contributed by atoms with Gasteiger partial charge in [0, 0.05) is 24.3 Å². The average molecular weight is 323 g/mol. The summed E-state index contributed by atoms with van der Waals surface area (Å²) < 4.78 is 1.93. The molecule has 1 aliphatic rings. The molecule has 1 amide bonds. The molecule has 0 aromatic carbocycles. The number of nitrogens with zero attached hydrogens (tertiary/aromatic N) is 2. The maximum absolute atomic E-state index is 12.3. The van der Waals surface area contributed by atoms with E-state index in [9.17, 15) is 9.59 Å². The highest BCUT2D eigenvalue weighted by Gasteiger charge is 2.22. The van der Waals surface area contributed by atoms with E-state index in [0.29, 0.717) is 11.2 Å². The Balaban J connectivity index is 2.01. The van der Waals surface area contributed by atoms with Gasteiger partial charge in [-0.05, 0) is 33.6 Å². The first-order chi connectivity index (χ1) is 10.5. The highest BCUT2D eigenvalue weighted by atomic mass is 32.2. The number of thioether (sulfide) groups is 1. The molecule has 0 saturated heterocycles. The third-order valence-electron chi connectivity index (χ3n) is 3.96. The predicted octanol–water partition coefficient (Wildman–Crippen LogP) is 2.75. The van der Waals surface area contributed by atoms with Crippen LogP contribution in [0.4, 0.5) is 0 Å². The van der Waals surface area contributed by atoms with Crippen molar-refractivity contribution in [3.05, 3.63) is 22.6 Å². The minimum Gasteiger partial charge on any atom is -0.352 e. The van der Waals surface area contributed by atoms with Gasteiger partial charge in [-0.1, -0.05) is 31.0 Å². The Hall–Kier alpha value is -1.30. The van der Waals surface area contributed by atoms with Crippen LogP contribution in [0.2, 0.25) is 0 Å². The second-order valence-electron chi connectivity index (χ2n) is 6.15. The molecular weight excluding hydrogens is 298 g/mol. The summed E-state index contributed by atoms with van der Waals surface area (Å²) in [5.41, 5.74) is -0.265. The monoisotopic (exact) mass is 323 g/mol. The first kappa shape index (κ1) is 17.1. The predicted molar refractivity (Wildman–Crippen MR) is 89.2 cm³/mol. The molecule has 2 rings (SSSR count). The van der Waals surface area contributed by atoms with Gasteiger partial charge in [-0.25, -0.2) is 0 Å². The highest BCUT2D eigenvalue weighted by molar-refractivity contribution is 8.00. The van der Waals surface area contributed by atoms with Crippen molar-refractivity contribution in [3.8, 4) is 0 Å². The SMILES string of the molecule is CC(Sc1nc(=O)ccn1C(C)C)C(=O)NC1CCCCC1. The lowest BCUT2D eigenvalue weighted by Gasteiger charge is -2.24. The fraction of sp³-hybridized carbons (Fsp3) is 0.688. The zero-order chi connectivity index (χ0) is 16.1. The van der Waals surface area contributed by atoms with Crippen LogP contribution in [-0.4, -0.2) is 26.8 Å². The lowest BCUT2D eigenvalue weighted by molar-refractivity contribution is -0.121. The minimum absolute atomic E-state index is 0.0327. The van der Waals surface area contributed by atoms with Crippen LogP contribution in [-0.2, 0) is 4.79 Å². The molecule has 1 atom stereocenters. The van der Waals surface area contributed by atoms with Gasteiger partial charge in [-0.3, -0.25) is 9.59 Å². The van der Waals surface area contributed by atoms with E-state index >= 15 is 0 Å². The van der Waals surface area contributed by atoms with E-state index in [2.05, 4.69) is 10.3 Å². The molecule has 1 unspecified atom stereocenters. The third-order valence-corrected chi connectivity index (χ3v) is 5.04. The zero-order valence-electron chi connectivity index (χ0n) is 13.5. The van der Waals surface area contributed by atoms with Crippen molar-refractivity contribution in [3.63, 3.8) is 0 Å². The van der Waals surface area contributed by atoms with Crippen molar-refractivity contribution < 1.29 is 4.79 Å². The van der Waals surface area contributed by atoms with Gasteiger partial charge in [0.2, 0.25) is 5.91 Å². The highest BCUT2D eigenvalue weighted by Crippen LogP contribution is 2.24. The Morgan fingerprint density at radius 2 is 2.00 bits per heavy atom. The van der Waals surface area contributed by atoms with Crippen LogP contribution >= 0.6 is 11.8 Å². The van der Waals surface area contributed by atoms with E-state index in [-0.39, 0.29) is 22.8 Å². The largest absolute Gasteiger partial charge is 0.352 e. The summed E-state index contributed by atoms with van der Waals surface area (Å²) in [5.74, 6) is 0.0327. The molecule has 1 aliphatic carbocycles. The number of hydrogen-bond donors (Lipinski definition) is 1. The van der Waals surface area contributed by atoms with E-state index in [1.54, 1.807) is 6.20 Å². The van der Waals surface area contributed by atoms with Crippen molar-refractivity contribution in [2.24, 2.45) is 0 Å². The quantitative estimate of drug-likeness (QED) is 0.668. The molecule has 0 radical (unpaired) electrons. The molecule has 1 fully saturated rings. The first-order valence-corrected chi connectivity index (χ1v) is 8.91. The third kappa shape index (κ3) is 4.60. The van der Waals surface area contributed by atoms with Gasteiger partial charge < -0.3 is 9.88 Å². The molecule has 5 nitrogen and oxygen atoms in total. The molecule has 0 spiro atoms. The van der Waals surface area contributed by atoms with Crippen LogP contribution < -0.4 is 10.9 Å². The van der Waals surface area contributed by atoms with Crippen LogP contribution in [0.5, 0.6) is 0 Å². The minimum atomic E-state index is -0.265. The molecular formula is C16H25N3O2S. The van der Waals surface area contributed by atoms with E-state index in [1.165, 1.54) is 37.1 Å². The van der Waals surface area contributed by atoms with Crippen molar-refractivity contribution in [1.82, 2.24) is 14.9 Å². The lowest BCUT2D eigenvalue weighted by Crippen LogP contribution is -2.40. The molecule has 1 saturated carbocycles. The number of carbonyl (C=O) groups excluding carboxylic acids is 1. The first-order valence-electron chi connectivity index (χ1n) is 8.03. The van der Waals surface area contributed by atoms with Crippen molar-refractivity contribution >= 4 is 17.7 Å². The molecule has 1 N–H and O–H groups in total. The van der Waals surface area contributed by atoms with Gasteiger partial charge in [0.15, 0.2) is 5.16 Å². The van der Waals surface area contributed by atoms with Crippen LogP contribution in [0.15, 0.2) is 22.2 Å². The fourth-order valence-electron chi connectivity index (χ4n) is 2.65. The van der Waals surface area contributed by atoms with E-state index in [0.717, 1.165) is 12.8 Å². The number of amides is 1. The summed E-state index contributed by atoms with van der Waals surface area (Å²) in [6, 6.07) is 1.96. The maximum Gasteiger partial charge on any atom is 0.273 e. The molecule has 0 bridgehead atoms. The molecule has 22 heavy (non-hydrogen) atoms. The maximum atomic E-state index is 12.3. The summed E-state index contributed by atoms with van der Waals surface area (Å²) in [6.45, 7) is 5.93. The topological polar surface area (TPSA) is 64.0 Å². The smallest absolute Gasteiger partial charge is 0.273 e. The molecule has 6 heteroatoms. The van der Waals surface area contributed by atoms with Gasteiger partial charge in [0.25, 0.3) is 5.56 Å². The fourth-order valence-corrected chi connectivity index (χ4v) is 3.68. The zero-order valence-corrected chi connectivity index (χ0v) is 14.4. The average Bonchev–Trinajstić information content (AvgIpc) is 2.48. The number of hydrogen-bond acceptors (Lipinski definition) is 4. The van der Waals surface area contributed by atoms with Crippen LogP contribution in [0.25, 0.3) is 0 Å². The number of carbonyl (C=O) groups is 1. The van der Waals surface area contributed by atoms with Crippen molar-refractivity contribution in [2.45, 2.75) is 75.4 Å². The van der Waals surface area contributed by atoms with Crippen LogP contribution in [0, 0.1) is 0 Å². The summed E-state index contributed by atoms with van der Waals surface area (Å²) in [5, 5.41) is 3.47. The number of nitrogens with one attached hydrogen (secondary N) is 1. The van der Waals surface area contributed by atoms with Crippen LogP contribution in [0.1, 0.15) is 58.9 Å². The molecule has 122 valence electrons. The molecule has 1 heterocycles. The normalized spacial score (nSPS) is 17.5. The summed E-state index contributed by atoms with van der Waals surface area (Å²) in [7, 11) is 0. The summed E-state index contributed by atoms with van der Waals surface area (Å²) in [6.07, 6.45) is 7.55. The van der Waals surface area contributed by atoms with Gasteiger partial charge in [-0.2, -0.15) is 4.98 Å². The standard InChI is InChI=1S/C16H25N3O2S/c1-11(2)19-10-9-14(20)18-16(19)22-12(3)15(21)17-13-7-5-4-6-8-13/h9-13H,4-8H2,1-3H3,(H,17,21). The van der Waals surface area contributed by atoms with Crippen molar-refractivity contribution in [2.75, 3.05) is 0 Å². The van der Waals surface area contributed by atoms with Gasteiger partial charge in [0.05, 0.1) is 5.25 Å². The lowest BCUT2D eigenvalue weighted by atomic mass is 9.95. The second kappa shape index (κ2) is 7.81. The van der Waals surface area contributed by atoms with Crippen molar-refractivity contribution in [1.29, 1.82) is 0 Å². The Bertz CT molecular complexity index is 565. The summed E-state index contributed by atoms with van der Waals surface area (Å²) in [4.78, 5) is 27.9. The number of rotatable bonds is 5. The molecule has 1 aromatic heterocycles. The van der Waals surface area contributed by atoms with E-state index in [1.807, 2.05) is 25.3 Å². The Morgan fingerprint density at radius 3 is 2.64 bits per heavy atom. The Labute approximate surface area is 135 Å². The Kier molecular flexibility index (Phi) is 6.06. The second-order valence-corrected chi connectivity index (χ2v) is 7.46. The van der Waals surface area contributed by atoms with E-state index in [4.69, 9.17) is 0 Å². The number of aromatic nitrogens is 2. The van der Waals surface area contributed by atoms with Crippen LogP contribution in [0.3, 0.4) is 0 Å². The van der Waals surface area contributed by atoms with Gasteiger partial charge >= 0.3 is 0 Å². The summed E-state index contributed by atoms with van der Waals surface area (Å²) >= 11 is 1.35.